The van der Waals surface area contributed by atoms with E-state index in [0.717, 1.165) is 5.56 Å². The molecular weight excluding hydrogens is 480 g/mol. The quantitative estimate of drug-likeness (QED) is 0.306. The Balaban J connectivity index is 1.48. The predicted molar refractivity (Wildman–Crippen MR) is 128 cm³/mol. The van der Waals surface area contributed by atoms with Gasteiger partial charge in [0.1, 0.15) is 23.0 Å². The van der Waals surface area contributed by atoms with E-state index in [1.165, 1.54) is 60.3 Å². The van der Waals surface area contributed by atoms with Gasteiger partial charge in [-0.3, -0.25) is 14.2 Å². The highest BCUT2D eigenvalue weighted by Crippen LogP contribution is 2.25. The normalized spacial score (nSPS) is 10.7. The number of carbonyl (C=O) groups excluding carboxylic acids is 2. The number of aromatic nitrogens is 2. The van der Waals surface area contributed by atoms with Crippen LogP contribution in [0.5, 0.6) is 11.5 Å². The Morgan fingerprint density at radius 2 is 1.68 bits per heavy atom. The molecule has 6 nitrogen and oxygen atoms in total. The number of carbonyl (C=O) groups is 2. The van der Waals surface area contributed by atoms with E-state index in [1.807, 2.05) is 0 Å². The van der Waals surface area contributed by atoms with Gasteiger partial charge in [0.25, 0.3) is 5.91 Å². The minimum Gasteiger partial charge on any atom is -0.457 e. The Bertz CT molecular complexity index is 1350. The van der Waals surface area contributed by atoms with E-state index in [2.05, 4.69) is 10.3 Å². The summed E-state index contributed by atoms with van der Waals surface area (Å²) in [5.41, 5.74) is 1.38. The van der Waals surface area contributed by atoms with Crippen molar-refractivity contribution in [2.24, 2.45) is 0 Å². The molecule has 172 valence electrons. The predicted octanol–water partition coefficient (Wildman–Crippen LogP) is 6.24. The third-order valence-electron chi connectivity index (χ3n) is 4.90. The van der Waals surface area contributed by atoms with Crippen molar-refractivity contribution in [3.05, 3.63) is 106 Å². The molecule has 0 radical (unpaired) electrons. The zero-order chi connectivity index (χ0) is 24.2. The van der Waals surface area contributed by atoms with Gasteiger partial charge in [-0.05, 0) is 61.0 Å². The maximum Gasteiger partial charge on any atom is 0.268 e. The van der Waals surface area contributed by atoms with E-state index in [1.54, 1.807) is 24.3 Å². The lowest BCUT2D eigenvalue weighted by atomic mass is 10.2. The summed E-state index contributed by atoms with van der Waals surface area (Å²) >= 11 is 12.2. The Hall–Kier alpha value is -3.68. The van der Waals surface area contributed by atoms with Crippen LogP contribution in [0.25, 0.3) is 5.82 Å². The van der Waals surface area contributed by atoms with Crippen molar-refractivity contribution in [3.8, 4) is 17.3 Å². The van der Waals surface area contributed by atoms with Crippen LogP contribution in [0.4, 0.5) is 4.39 Å². The van der Waals surface area contributed by atoms with Crippen LogP contribution in [0.15, 0.2) is 73.1 Å². The first-order valence-electron chi connectivity index (χ1n) is 10.2. The number of pyridine rings is 1. The average molecular weight is 498 g/mol. The third kappa shape index (κ3) is 5.44. The van der Waals surface area contributed by atoms with Crippen LogP contribution in [0.2, 0.25) is 10.0 Å². The number of nitrogens with zero attached hydrogens (tertiary/aromatic N) is 2. The lowest BCUT2D eigenvalue weighted by Crippen LogP contribution is -2.25. The first kappa shape index (κ1) is 23.5. The molecule has 2 aromatic carbocycles. The number of ketones is 1. The van der Waals surface area contributed by atoms with Crippen molar-refractivity contribution in [1.29, 1.82) is 0 Å². The van der Waals surface area contributed by atoms with E-state index in [9.17, 15) is 14.0 Å². The Morgan fingerprint density at radius 3 is 2.29 bits per heavy atom. The molecule has 0 aliphatic heterocycles. The zero-order valence-electron chi connectivity index (χ0n) is 17.9. The second kappa shape index (κ2) is 10.1. The van der Waals surface area contributed by atoms with Crippen LogP contribution < -0.4 is 10.1 Å². The van der Waals surface area contributed by atoms with E-state index < -0.39 is 5.91 Å². The van der Waals surface area contributed by atoms with Crippen LogP contribution >= 0.6 is 23.2 Å². The van der Waals surface area contributed by atoms with Crippen molar-refractivity contribution in [3.63, 3.8) is 0 Å². The lowest BCUT2D eigenvalue weighted by molar-refractivity contribution is 0.0943. The summed E-state index contributed by atoms with van der Waals surface area (Å²) in [5.74, 6) is 0.422. The minimum atomic E-state index is -0.410. The fourth-order valence-electron chi connectivity index (χ4n) is 3.18. The monoisotopic (exact) mass is 497 g/mol. The van der Waals surface area contributed by atoms with Gasteiger partial charge in [0.2, 0.25) is 0 Å². The maximum atomic E-state index is 13.0. The number of hydrogen-bond donors (Lipinski definition) is 1. The number of amides is 1. The second-order valence-electron chi connectivity index (χ2n) is 7.38. The smallest absolute Gasteiger partial charge is 0.268 e. The highest BCUT2D eigenvalue weighted by atomic mass is 35.5. The molecule has 0 saturated carbocycles. The van der Waals surface area contributed by atoms with Gasteiger partial charge in [-0.15, -0.1) is 0 Å². The molecule has 0 bridgehead atoms. The third-order valence-corrected chi connectivity index (χ3v) is 5.39. The van der Waals surface area contributed by atoms with Crippen molar-refractivity contribution in [2.45, 2.75) is 13.5 Å². The molecule has 1 N–H and O–H groups in total. The number of halogens is 3. The summed E-state index contributed by atoms with van der Waals surface area (Å²) in [6.45, 7) is 1.64. The van der Waals surface area contributed by atoms with Crippen molar-refractivity contribution >= 4 is 34.9 Å². The van der Waals surface area contributed by atoms with Crippen molar-refractivity contribution in [1.82, 2.24) is 14.9 Å². The Kier molecular flexibility index (Phi) is 6.95. The summed E-state index contributed by atoms with van der Waals surface area (Å²) < 4.78 is 20.2. The minimum absolute atomic E-state index is 0.199. The first-order chi connectivity index (χ1) is 16.3. The number of nitrogens with one attached hydrogen (secondary N) is 1. The van der Waals surface area contributed by atoms with Crippen LogP contribution in [0, 0.1) is 5.82 Å². The molecule has 0 fully saturated rings. The number of benzene rings is 2. The average Bonchev–Trinajstić information content (AvgIpc) is 3.26. The van der Waals surface area contributed by atoms with Crippen LogP contribution in [0.3, 0.4) is 0 Å². The van der Waals surface area contributed by atoms with Gasteiger partial charge in [0, 0.05) is 24.5 Å². The lowest BCUT2D eigenvalue weighted by Gasteiger charge is -2.11. The van der Waals surface area contributed by atoms with Crippen LogP contribution in [-0.2, 0) is 6.54 Å². The molecule has 1 amide bonds. The SMILES string of the molecule is CC(=O)c1cc(C(=O)NCc2ccc(Oc3ccc(F)cc3)cc2)n(-c2ncc(Cl)cc2Cl)c1. The molecule has 2 aromatic heterocycles. The topological polar surface area (TPSA) is 73.2 Å². The number of hydrogen-bond acceptors (Lipinski definition) is 4. The maximum absolute atomic E-state index is 13.0. The largest absolute Gasteiger partial charge is 0.457 e. The van der Waals surface area contributed by atoms with Crippen LogP contribution in [-0.4, -0.2) is 21.2 Å². The molecule has 0 aliphatic carbocycles. The van der Waals surface area contributed by atoms with Gasteiger partial charge >= 0.3 is 0 Å². The molecular formula is C25H18Cl2FN3O3. The van der Waals surface area contributed by atoms with Crippen molar-refractivity contribution < 1.29 is 18.7 Å². The van der Waals surface area contributed by atoms with E-state index in [0.29, 0.717) is 22.1 Å². The summed E-state index contributed by atoms with van der Waals surface area (Å²) in [6, 6.07) is 15.8. The molecule has 0 saturated heterocycles. The molecule has 4 aromatic rings. The molecule has 9 heteroatoms. The van der Waals surface area contributed by atoms with Crippen LogP contribution in [0.1, 0.15) is 33.3 Å². The van der Waals surface area contributed by atoms with E-state index in [-0.39, 0.29) is 34.7 Å². The van der Waals surface area contributed by atoms with Gasteiger partial charge in [-0.2, -0.15) is 0 Å². The Labute approximate surface area is 204 Å². The fourth-order valence-corrected chi connectivity index (χ4v) is 3.65. The Morgan fingerprint density at radius 1 is 1.03 bits per heavy atom. The molecule has 2 heterocycles. The van der Waals surface area contributed by atoms with Gasteiger partial charge in [0.15, 0.2) is 11.6 Å². The van der Waals surface area contributed by atoms with E-state index in [4.69, 9.17) is 27.9 Å². The van der Waals surface area contributed by atoms with E-state index >= 15 is 0 Å². The molecule has 0 unspecified atom stereocenters. The summed E-state index contributed by atoms with van der Waals surface area (Å²) in [6.07, 6.45) is 2.93. The molecule has 4 rings (SSSR count). The van der Waals surface area contributed by atoms with Gasteiger partial charge in [-0.1, -0.05) is 35.3 Å². The van der Waals surface area contributed by atoms with Gasteiger partial charge in [0.05, 0.1) is 10.0 Å². The summed E-state index contributed by atoms with van der Waals surface area (Å²) in [5, 5.41) is 3.43. The second-order valence-corrected chi connectivity index (χ2v) is 8.23. The highest BCUT2D eigenvalue weighted by Gasteiger charge is 2.19. The molecule has 34 heavy (non-hydrogen) atoms. The summed E-state index contributed by atoms with van der Waals surface area (Å²) in [4.78, 5) is 29.1. The molecule has 0 aliphatic rings. The molecule has 0 spiro atoms. The summed E-state index contributed by atoms with van der Waals surface area (Å²) in [7, 11) is 0. The fraction of sp³-hybridized carbons (Fsp3) is 0.0800. The van der Waals surface area contributed by atoms with Gasteiger partial charge < -0.3 is 10.1 Å². The van der Waals surface area contributed by atoms with Gasteiger partial charge in [-0.25, -0.2) is 9.37 Å². The zero-order valence-corrected chi connectivity index (χ0v) is 19.4. The standard InChI is InChI=1S/C25H18Cl2FN3O3/c1-15(32)17-10-23(31(14-17)24-22(27)11-18(26)13-29-24)25(33)30-12-16-2-6-20(7-3-16)34-21-8-4-19(28)5-9-21/h2-11,13-14H,12H2,1H3,(H,30,33). The number of rotatable bonds is 7. The highest BCUT2D eigenvalue weighted by molar-refractivity contribution is 6.35. The number of Topliss-reactive ketones (excluding diaryl/α,β-unsaturated/α-hetero) is 1. The van der Waals surface area contributed by atoms with Crippen molar-refractivity contribution in [2.75, 3.05) is 0 Å². The number of ether oxygens (including phenoxy) is 1. The first-order valence-corrected chi connectivity index (χ1v) is 10.9. The molecule has 0 atom stereocenters.